The quantitative estimate of drug-likeness (QED) is 0.299. The van der Waals surface area contributed by atoms with E-state index in [4.69, 9.17) is 4.74 Å². The lowest BCUT2D eigenvalue weighted by Gasteiger charge is -2.22. The van der Waals surface area contributed by atoms with Gasteiger partial charge in [0, 0.05) is 43.1 Å². The number of aryl methyl sites for hydroxylation is 1. The molecule has 3 heterocycles. The van der Waals surface area contributed by atoms with Crippen LogP contribution in [0.15, 0.2) is 58.3 Å². The van der Waals surface area contributed by atoms with Crippen LogP contribution in [0.3, 0.4) is 0 Å². The van der Waals surface area contributed by atoms with Crippen LogP contribution in [0, 0.1) is 12.8 Å². The average molecular weight is 586 g/mol. The van der Waals surface area contributed by atoms with Crippen LogP contribution in [0.25, 0.3) is 10.9 Å². The van der Waals surface area contributed by atoms with E-state index >= 15 is 0 Å². The molecule has 0 saturated carbocycles. The van der Waals surface area contributed by atoms with Gasteiger partial charge in [0.15, 0.2) is 0 Å². The first kappa shape index (κ1) is 30.6. The smallest absolute Gasteiger partial charge is 0.269 e. The Kier molecular flexibility index (Phi) is 11.1. The second-order valence-corrected chi connectivity index (χ2v) is 13.2. The summed E-state index contributed by atoms with van der Waals surface area (Å²) in [6, 6.07) is 14.2. The summed E-state index contributed by atoms with van der Waals surface area (Å²) in [6.45, 7) is 9.98. The topological polar surface area (TPSA) is 80.6 Å². The lowest BCUT2D eigenvalue weighted by Crippen LogP contribution is -2.31. The molecule has 0 unspecified atom stereocenters. The summed E-state index contributed by atoms with van der Waals surface area (Å²) >= 11 is 1.72. The fourth-order valence-electron chi connectivity index (χ4n) is 5.45. The number of fused-ring (bicyclic) bond motifs is 1. The molecule has 2 aliphatic heterocycles. The van der Waals surface area contributed by atoms with Gasteiger partial charge in [0.2, 0.25) is 0 Å². The van der Waals surface area contributed by atoms with Crippen molar-refractivity contribution in [3.63, 3.8) is 0 Å². The van der Waals surface area contributed by atoms with E-state index in [1.54, 1.807) is 42.3 Å². The molecule has 0 radical (unpaired) electrons. The summed E-state index contributed by atoms with van der Waals surface area (Å²) in [6.07, 6.45) is 7.77. The maximum absolute atomic E-state index is 13.9. The predicted octanol–water partition coefficient (Wildman–Crippen LogP) is 6.64. The fourth-order valence-corrected chi connectivity index (χ4v) is 8.08. The molecule has 0 aliphatic carbocycles. The summed E-state index contributed by atoms with van der Waals surface area (Å²) in [7, 11) is -3.99. The first-order valence-electron chi connectivity index (χ1n) is 14.7. The van der Waals surface area contributed by atoms with Crippen molar-refractivity contribution in [2.45, 2.75) is 75.5 Å². The van der Waals surface area contributed by atoms with Gasteiger partial charge in [-0.15, -0.1) is 0 Å². The van der Waals surface area contributed by atoms with Gasteiger partial charge in [-0.3, -0.25) is 4.79 Å². The monoisotopic (exact) mass is 585 g/mol. The van der Waals surface area contributed by atoms with Crippen molar-refractivity contribution >= 4 is 38.8 Å². The molecule has 0 spiro atoms. The Morgan fingerprint density at radius 2 is 1.68 bits per heavy atom. The molecule has 40 heavy (non-hydrogen) atoms. The molecule has 2 aliphatic rings. The molecular weight excluding hydrogens is 542 g/mol. The minimum absolute atomic E-state index is 0.163. The highest BCUT2D eigenvalue weighted by Gasteiger charge is 2.29. The molecule has 2 aromatic carbocycles. The van der Waals surface area contributed by atoms with Crippen LogP contribution >= 0.6 is 11.9 Å². The first-order valence-corrected chi connectivity index (χ1v) is 16.9. The SMILES string of the molecule is CC.Cc1c(C(=O)NCCC2CCOCC2)n(S(=O)(=O)c2ccccc2)c2ccc(SN3CCCCCC3)cc12. The molecule has 2 saturated heterocycles. The minimum Gasteiger partial charge on any atom is -0.381 e. The number of hydrogen-bond donors (Lipinski definition) is 1. The minimum atomic E-state index is -3.99. The molecule has 5 rings (SSSR count). The van der Waals surface area contributed by atoms with E-state index in [0.29, 0.717) is 23.5 Å². The van der Waals surface area contributed by atoms with Crippen molar-refractivity contribution in [1.29, 1.82) is 0 Å². The average Bonchev–Trinajstić information content (AvgIpc) is 3.10. The highest BCUT2D eigenvalue weighted by Crippen LogP contribution is 2.34. The fraction of sp³-hybridized carbons (Fsp3) is 0.516. The van der Waals surface area contributed by atoms with Crippen molar-refractivity contribution < 1.29 is 17.9 Å². The van der Waals surface area contributed by atoms with Gasteiger partial charge in [-0.1, -0.05) is 44.9 Å². The van der Waals surface area contributed by atoms with Gasteiger partial charge in [0.05, 0.1) is 10.4 Å². The number of carbonyl (C=O) groups excluding carboxylic acids is 1. The Bertz CT molecular complexity index is 1360. The molecule has 1 amide bonds. The number of amides is 1. The standard InChI is InChI=1S/C29H37N3O4S2.C2H6/c1-22-26-21-24(37-31-17-7-2-3-8-18-31)11-12-27(26)32(38(34,35)25-9-5-4-6-10-25)28(22)29(33)30-16-13-23-14-19-36-20-15-23;1-2/h4-6,9-12,21,23H,2-3,7-8,13-20H2,1H3,(H,30,33);1-2H3. The Balaban J connectivity index is 0.00000181. The number of benzene rings is 2. The van der Waals surface area contributed by atoms with Crippen molar-refractivity contribution in [2.75, 3.05) is 32.8 Å². The van der Waals surface area contributed by atoms with Crippen LogP contribution < -0.4 is 5.32 Å². The number of ether oxygens (including phenoxy) is 1. The molecule has 2 fully saturated rings. The first-order chi connectivity index (χ1) is 19.4. The second kappa shape index (κ2) is 14.5. The third kappa shape index (κ3) is 7.11. The number of nitrogens with one attached hydrogen (secondary N) is 1. The van der Waals surface area contributed by atoms with Crippen LogP contribution in [0.2, 0.25) is 0 Å². The highest BCUT2D eigenvalue weighted by atomic mass is 32.2. The summed E-state index contributed by atoms with van der Waals surface area (Å²) in [5, 5.41) is 3.81. The van der Waals surface area contributed by atoms with Gasteiger partial charge in [0.1, 0.15) is 5.69 Å². The van der Waals surface area contributed by atoms with Gasteiger partial charge in [-0.2, -0.15) is 0 Å². The Morgan fingerprint density at radius 1 is 1.00 bits per heavy atom. The maximum atomic E-state index is 13.9. The van der Waals surface area contributed by atoms with Crippen molar-refractivity contribution in [2.24, 2.45) is 5.92 Å². The van der Waals surface area contributed by atoms with Crippen LogP contribution in [0.4, 0.5) is 0 Å². The third-order valence-electron chi connectivity index (χ3n) is 7.62. The molecule has 9 heteroatoms. The highest BCUT2D eigenvalue weighted by molar-refractivity contribution is 7.97. The maximum Gasteiger partial charge on any atom is 0.269 e. The van der Waals surface area contributed by atoms with Gasteiger partial charge in [0.25, 0.3) is 15.9 Å². The molecule has 1 N–H and O–H groups in total. The molecule has 218 valence electrons. The van der Waals surface area contributed by atoms with E-state index in [1.165, 1.54) is 29.7 Å². The number of hydrogen-bond acceptors (Lipinski definition) is 6. The number of nitrogens with zero attached hydrogens (tertiary/aromatic N) is 2. The molecule has 0 bridgehead atoms. The number of rotatable bonds is 8. The van der Waals surface area contributed by atoms with Crippen molar-refractivity contribution in [3.8, 4) is 0 Å². The van der Waals surface area contributed by atoms with E-state index in [0.717, 1.165) is 55.8 Å². The summed E-state index contributed by atoms with van der Waals surface area (Å²) in [5.74, 6) is 0.162. The normalized spacial score (nSPS) is 17.2. The molecule has 1 aromatic heterocycles. The Hall–Kier alpha value is -2.33. The van der Waals surface area contributed by atoms with E-state index in [2.05, 4.69) is 9.62 Å². The summed E-state index contributed by atoms with van der Waals surface area (Å²) < 4.78 is 36.9. The van der Waals surface area contributed by atoms with Crippen molar-refractivity contribution in [3.05, 3.63) is 59.8 Å². The van der Waals surface area contributed by atoms with Gasteiger partial charge < -0.3 is 10.1 Å². The molecule has 7 nitrogen and oxygen atoms in total. The van der Waals surface area contributed by atoms with Crippen LogP contribution in [0.1, 0.15) is 74.8 Å². The lowest BCUT2D eigenvalue weighted by molar-refractivity contribution is 0.0635. The van der Waals surface area contributed by atoms with Gasteiger partial charge >= 0.3 is 0 Å². The van der Waals surface area contributed by atoms with Gasteiger partial charge in [-0.25, -0.2) is 16.7 Å². The zero-order chi connectivity index (χ0) is 28.5. The molecular formula is C31H43N3O4S2. The summed E-state index contributed by atoms with van der Waals surface area (Å²) in [5.41, 5.74) is 1.40. The van der Waals surface area contributed by atoms with E-state index in [1.807, 2.05) is 39.0 Å². The van der Waals surface area contributed by atoms with E-state index in [9.17, 15) is 13.2 Å². The zero-order valence-electron chi connectivity index (χ0n) is 24.0. The summed E-state index contributed by atoms with van der Waals surface area (Å²) in [4.78, 5) is 14.8. The Morgan fingerprint density at radius 3 is 2.35 bits per heavy atom. The number of carbonyl (C=O) groups is 1. The van der Waals surface area contributed by atoms with Gasteiger partial charge in [-0.05, 0) is 92.8 Å². The largest absolute Gasteiger partial charge is 0.381 e. The molecule has 0 atom stereocenters. The van der Waals surface area contributed by atoms with Crippen LogP contribution in [-0.2, 0) is 14.8 Å². The van der Waals surface area contributed by atoms with E-state index in [-0.39, 0.29) is 16.5 Å². The third-order valence-corrected chi connectivity index (χ3v) is 10.4. The number of aromatic nitrogens is 1. The lowest BCUT2D eigenvalue weighted by atomic mass is 9.97. The Labute approximate surface area is 243 Å². The van der Waals surface area contributed by atoms with Crippen LogP contribution in [-0.4, -0.2) is 55.5 Å². The van der Waals surface area contributed by atoms with Crippen molar-refractivity contribution in [1.82, 2.24) is 13.6 Å². The second-order valence-electron chi connectivity index (χ2n) is 10.3. The van der Waals surface area contributed by atoms with E-state index < -0.39 is 10.0 Å². The zero-order valence-corrected chi connectivity index (χ0v) is 25.7. The molecule has 3 aromatic rings. The predicted molar refractivity (Wildman–Crippen MR) is 163 cm³/mol. The van der Waals surface area contributed by atoms with Crippen LogP contribution in [0.5, 0.6) is 0 Å².